The number of aryl methyl sites for hydroxylation is 1. The second-order valence-electron chi connectivity index (χ2n) is 6.63. The van der Waals surface area contributed by atoms with Crippen molar-refractivity contribution < 1.29 is 14.3 Å². The van der Waals surface area contributed by atoms with Gasteiger partial charge in [-0.25, -0.2) is 4.79 Å². The summed E-state index contributed by atoms with van der Waals surface area (Å²) in [5, 5.41) is 3.03. The molecular formula is C20H27N3O3. The fraction of sp³-hybridized carbons (Fsp3) is 0.450. The van der Waals surface area contributed by atoms with E-state index in [-0.39, 0.29) is 11.9 Å². The van der Waals surface area contributed by atoms with E-state index < -0.39 is 0 Å². The van der Waals surface area contributed by atoms with E-state index in [2.05, 4.69) is 16.0 Å². The summed E-state index contributed by atoms with van der Waals surface area (Å²) in [6.45, 7) is 2.08. The van der Waals surface area contributed by atoms with Gasteiger partial charge in [-0.2, -0.15) is 0 Å². The Balaban J connectivity index is 1.56. The van der Waals surface area contributed by atoms with Crippen molar-refractivity contribution in [3.8, 4) is 11.5 Å². The van der Waals surface area contributed by atoms with Gasteiger partial charge in [-0.05, 0) is 36.8 Å². The van der Waals surface area contributed by atoms with Gasteiger partial charge in [-0.15, -0.1) is 0 Å². The minimum absolute atomic E-state index is 0.00331. The fourth-order valence-electron chi connectivity index (χ4n) is 3.52. The second-order valence-corrected chi connectivity index (χ2v) is 6.63. The molecule has 3 rings (SSSR count). The highest BCUT2D eigenvalue weighted by Gasteiger charge is 2.29. The lowest BCUT2D eigenvalue weighted by Gasteiger charge is -2.19. The van der Waals surface area contributed by atoms with E-state index in [1.165, 1.54) is 5.69 Å². The second kappa shape index (κ2) is 8.17. The number of nitrogens with one attached hydrogen (secondary N) is 1. The van der Waals surface area contributed by atoms with Crippen molar-refractivity contribution in [2.75, 3.05) is 33.9 Å². The van der Waals surface area contributed by atoms with Gasteiger partial charge >= 0.3 is 6.03 Å². The molecule has 0 radical (unpaired) electrons. The number of aromatic nitrogens is 1. The topological polar surface area (TPSA) is 55.7 Å². The molecule has 1 atom stereocenters. The third kappa shape index (κ3) is 3.95. The van der Waals surface area contributed by atoms with Crippen LogP contribution in [0.25, 0.3) is 0 Å². The molecule has 2 amide bonds. The summed E-state index contributed by atoms with van der Waals surface area (Å²) in [6, 6.07) is 9.93. The quantitative estimate of drug-likeness (QED) is 0.865. The van der Waals surface area contributed by atoms with Gasteiger partial charge in [-0.3, -0.25) is 0 Å². The van der Waals surface area contributed by atoms with E-state index >= 15 is 0 Å². The van der Waals surface area contributed by atoms with Gasteiger partial charge in [0.05, 0.1) is 14.2 Å². The van der Waals surface area contributed by atoms with Gasteiger partial charge < -0.3 is 24.3 Å². The predicted octanol–water partition coefficient (Wildman–Crippen LogP) is 2.78. The van der Waals surface area contributed by atoms with Crippen LogP contribution in [-0.4, -0.2) is 49.4 Å². The van der Waals surface area contributed by atoms with Crippen LogP contribution in [-0.2, 0) is 13.5 Å². The monoisotopic (exact) mass is 357 g/mol. The molecule has 6 heteroatoms. The van der Waals surface area contributed by atoms with Gasteiger partial charge in [-0.1, -0.05) is 0 Å². The Bertz CT molecular complexity index is 757. The molecule has 0 bridgehead atoms. The maximum absolute atomic E-state index is 12.5. The molecule has 1 N–H and O–H groups in total. The third-order valence-electron chi connectivity index (χ3n) is 5.06. The van der Waals surface area contributed by atoms with Gasteiger partial charge in [0.15, 0.2) is 0 Å². The number of carbonyl (C=O) groups is 1. The lowest BCUT2D eigenvalue weighted by molar-refractivity contribution is 0.208. The maximum Gasteiger partial charge on any atom is 0.317 e. The smallest absolute Gasteiger partial charge is 0.317 e. The summed E-state index contributed by atoms with van der Waals surface area (Å²) in [7, 11) is 5.35. The third-order valence-corrected chi connectivity index (χ3v) is 5.06. The molecule has 140 valence electrons. The molecule has 1 fully saturated rings. The fourth-order valence-corrected chi connectivity index (χ4v) is 3.52. The molecule has 0 saturated carbocycles. The first-order chi connectivity index (χ1) is 12.6. The standard InChI is InChI=1S/C20H27N3O3/c1-22-11-4-5-16(22)8-10-21-20(24)23-12-9-15(14-23)18-13-17(25-2)6-7-19(18)26-3/h4-7,11,13,15H,8-10,12,14H2,1-3H3,(H,21,24)/t15-/m1/s1. The predicted molar refractivity (Wildman–Crippen MR) is 101 cm³/mol. The Labute approximate surface area is 154 Å². The first-order valence-electron chi connectivity index (χ1n) is 8.97. The zero-order valence-electron chi connectivity index (χ0n) is 15.7. The Morgan fingerprint density at radius 3 is 2.81 bits per heavy atom. The van der Waals surface area contributed by atoms with E-state index in [0.29, 0.717) is 13.1 Å². The van der Waals surface area contributed by atoms with Gasteiger partial charge in [0.2, 0.25) is 0 Å². The maximum atomic E-state index is 12.5. The molecule has 1 aliphatic heterocycles. The molecule has 6 nitrogen and oxygen atoms in total. The number of nitrogens with zero attached hydrogens (tertiary/aromatic N) is 2. The molecule has 1 saturated heterocycles. The van der Waals surface area contributed by atoms with E-state index in [0.717, 1.165) is 36.4 Å². The van der Waals surface area contributed by atoms with Crippen LogP contribution < -0.4 is 14.8 Å². The number of amides is 2. The highest BCUT2D eigenvalue weighted by atomic mass is 16.5. The number of benzene rings is 1. The number of urea groups is 1. The Hall–Kier alpha value is -2.63. The Morgan fingerprint density at radius 2 is 2.12 bits per heavy atom. The van der Waals surface area contributed by atoms with Crippen LogP contribution in [0.2, 0.25) is 0 Å². The molecule has 26 heavy (non-hydrogen) atoms. The number of carbonyl (C=O) groups excluding carboxylic acids is 1. The van der Waals surface area contributed by atoms with Crippen LogP contribution in [0.4, 0.5) is 4.79 Å². The number of rotatable bonds is 6. The van der Waals surface area contributed by atoms with Crippen LogP contribution in [0.3, 0.4) is 0 Å². The van der Waals surface area contributed by atoms with Gasteiger partial charge in [0.1, 0.15) is 11.5 Å². The molecule has 0 aliphatic carbocycles. The SMILES string of the molecule is COc1ccc(OC)c([C@@H]2CCN(C(=O)NCCc3cccn3C)C2)c1. The number of ether oxygens (including phenoxy) is 2. The minimum Gasteiger partial charge on any atom is -0.497 e. The Kier molecular flexibility index (Phi) is 5.71. The molecule has 0 spiro atoms. The molecule has 0 unspecified atom stereocenters. The highest BCUT2D eigenvalue weighted by Crippen LogP contribution is 2.35. The van der Waals surface area contributed by atoms with E-state index in [9.17, 15) is 4.79 Å². The van der Waals surface area contributed by atoms with E-state index in [4.69, 9.17) is 9.47 Å². The Morgan fingerprint density at radius 1 is 1.27 bits per heavy atom. The highest BCUT2D eigenvalue weighted by molar-refractivity contribution is 5.74. The van der Waals surface area contributed by atoms with Crippen LogP contribution in [0.15, 0.2) is 36.5 Å². The van der Waals surface area contributed by atoms with E-state index in [1.807, 2.05) is 42.4 Å². The summed E-state index contributed by atoms with van der Waals surface area (Å²) in [5.74, 6) is 1.92. The zero-order chi connectivity index (χ0) is 18.5. The van der Waals surface area contributed by atoms with Crippen molar-refractivity contribution in [1.82, 2.24) is 14.8 Å². The molecule has 2 aromatic rings. The lowest BCUT2D eigenvalue weighted by Crippen LogP contribution is -2.39. The molecule has 2 heterocycles. The summed E-state index contributed by atoms with van der Waals surface area (Å²) >= 11 is 0. The van der Waals surface area contributed by atoms with Crippen LogP contribution in [0.5, 0.6) is 11.5 Å². The molecule has 1 aromatic heterocycles. The summed E-state index contributed by atoms with van der Waals surface area (Å²) in [5.41, 5.74) is 2.32. The summed E-state index contributed by atoms with van der Waals surface area (Å²) < 4.78 is 12.9. The van der Waals surface area contributed by atoms with Crippen molar-refractivity contribution in [3.63, 3.8) is 0 Å². The molecule has 1 aliphatic rings. The van der Waals surface area contributed by atoms with Crippen LogP contribution in [0.1, 0.15) is 23.6 Å². The van der Waals surface area contributed by atoms with Gasteiger partial charge in [0, 0.05) is 56.5 Å². The molecular weight excluding hydrogens is 330 g/mol. The summed E-state index contributed by atoms with van der Waals surface area (Å²) in [4.78, 5) is 14.3. The minimum atomic E-state index is 0.00331. The van der Waals surface area contributed by atoms with Crippen LogP contribution in [0, 0.1) is 0 Å². The van der Waals surface area contributed by atoms with Crippen LogP contribution >= 0.6 is 0 Å². The van der Waals surface area contributed by atoms with Crippen molar-refractivity contribution in [2.45, 2.75) is 18.8 Å². The van der Waals surface area contributed by atoms with Crippen molar-refractivity contribution in [3.05, 3.63) is 47.8 Å². The first-order valence-corrected chi connectivity index (χ1v) is 8.97. The lowest BCUT2D eigenvalue weighted by atomic mass is 9.97. The van der Waals surface area contributed by atoms with E-state index in [1.54, 1.807) is 14.2 Å². The largest absolute Gasteiger partial charge is 0.497 e. The summed E-state index contributed by atoms with van der Waals surface area (Å²) in [6.07, 6.45) is 3.77. The normalized spacial score (nSPS) is 16.6. The average Bonchev–Trinajstić information content (AvgIpc) is 3.30. The van der Waals surface area contributed by atoms with Crippen molar-refractivity contribution >= 4 is 6.03 Å². The molecule has 1 aromatic carbocycles. The van der Waals surface area contributed by atoms with Crippen molar-refractivity contribution in [2.24, 2.45) is 7.05 Å². The number of methoxy groups -OCH3 is 2. The number of hydrogen-bond donors (Lipinski definition) is 1. The zero-order valence-corrected chi connectivity index (χ0v) is 15.7. The van der Waals surface area contributed by atoms with Crippen molar-refractivity contribution in [1.29, 1.82) is 0 Å². The van der Waals surface area contributed by atoms with Gasteiger partial charge in [0.25, 0.3) is 0 Å². The first kappa shape index (κ1) is 18.2. The average molecular weight is 357 g/mol. The number of likely N-dealkylation sites (tertiary alicyclic amines) is 1. The number of hydrogen-bond acceptors (Lipinski definition) is 3.